The third kappa shape index (κ3) is 4.30. The summed E-state index contributed by atoms with van der Waals surface area (Å²) in [6.45, 7) is 3.78. The summed E-state index contributed by atoms with van der Waals surface area (Å²) < 4.78 is 39.2. The first kappa shape index (κ1) is 24.5. The van der Waals surface area contributed by atoms with Crippen LogP contribution in [0, 0.1) is 0 Å². The van der Waals surface area contributed by atoms with Crippen molar-refractivity contribution in [1.82, 2.24) is 24.8 Å². The molecule has 2 fully saturated rings. The van der Waals surface area contributed by atoms with Gasteiger partial charge in [-0.1, -0.05) is 0 Å². The number of benzene rings is 2. The highest BCUT2D eigenvalue weighted by molar-refractivity contribution is 6.05. The zero-order valence-electron chi connectivity index (χ0n) is 20.6. The maximum absolute atomic E-state index is 13.5. The Bertz CT molecular complexity index is 1600. The van der Waals surface area contributed by atoms with Gasteiger partial charge in [-0.15, -0.1) is 0 Å². The standard InChI is InChI=1S/C27H27F3N6O2/c28-27(29,30)16-6-8-20-21(13-16)34-25(37)24(33-20)23-22(31)18-12-15(5-7-19(18)32-23)26(38)36-11-3-4-17(36)14-35-9-1-2-10-35/h5-8,12-13,17,32H,1-4,9-11,14,31H2,(H,34,37)/t17-/m1/s1. The number of nitrogens with zero attached hydrogens (tertiary/aromatic N) is 3. The molecular formula is C27H27F3N6O2. The Labute approximate surface area is 215 Å². The number of hydrogen-bond donors (Lipinski definition) is 3. The van der Waals surface area contributed by atoms with Crippen molar-refractivity contribution in [2.45, 2.75) is 37.9 Å². The minimum Gasteiger partial charge on any atom is -0.396 e. The Morgan fingerprint density at radius 1 is 1.03 bits per heavy atom. The van der Waals surface area contributed by atoms with E-state index in [9.17, 15) is 22.8 Å². The molecular weight excluding hydrogens is 497 g/mol. The number of rotatable bonds is 4. The van der Waals surface area contributed by atoms with E-state index in [0.29, 0.717) is 16.5 Å². The molecule has 2 aliphatic heterocycles. The molecule has 11 heteroatoms. The third-order valence-electron chi connectivity index (χ3n) is 7.65. The second-order valence-electron chi connectivity index (χ2n) is 10.1. The molecule has 8 nitrogen and oxygen atoms in total. The zero-order valence-corrected chi connectivity index (χ0v) is 20.6. The molecule has 4 aromatic rings. The van der Waals surface area contributed by atoms with Gasteiger partial charge >= 0.3 is 6.18 Å². The van der Waals surface area contributed by atoms with E-state index in [1.54, 1.807) is 18.2 Å². The first-order chi connectivity index (χ1) is 18.2. The monoisotopic (exact) mass is 524 g/mol. The van der Waals surface area contributed by atoms with Gasteiger partial charge < -0.3 is 25.5 Å². The van der Waals surface area contributed by atoms with Crippen molar-refractivity contribution in [1.29, 1.82) is 0 Å². The van der Waals surface area contributed by atoms with Crippen LogP contribution in [0.5, 0.6) is 0 Å². The van der Waals surface area contributed by atoms with Gasteiger partial charge in [-0.25, -0.2) is 4.98 Å². The van der Waals surface area contributed by atoms with E-state index in [2.05, 4.69) is 19.9 Å². The number of carbonyl (C=O) groups is 1. The average molecular weight is 525 g/mol. The fraction of sp³-hybridized carbons (Fsp3) is 0.370. The van der Waals surface area contributed by atoms with Crippen LogP contribution in [0.4, 0.5) is 18.9 Å². The summed E-state index contributed by atoms with van der Waals surface area (Å²) in [6.07, 6.45) is -0.165. The van der Waals surface area contributed by atoms with Gasteiger partial charge in [0.25, 0.3) is 11.5 Å². The smallest absolute Gasteiger partial charge is 0.396 e. The number of amides is 1. The molecule has 198 valence electrons. The van der Waals surface area contributed by atoms with Crippen LogP contribution < -0.4 is 11.3 Å². The molecule has 4 N–H and O–H groups in total. The summed E-state index contributed by atoms with van der Waals surface area (Å²) in [7, 11) is 0. The van der Waals surface area contributed by atoms with E-state index in [4.69, 9.17) is 5.73 Å². The van der Waals surface area contributed by atoms with E-state index < -0.39 is 17.3 Å². The van der Waals surface area contributed by atoms with Crippen molar-refractivity contribution in [3.63, 3.8) is 0 Å². The number of hydrogen-bond acceptors (Lipinski definition) is 5. The van der Waals surface area contributed by atoms with Crippen LogP contribution >= 0.6 is 0 Å². The molecule has 2 aromatic heterocycles. The largest absolute Gasteiger partial charge is 0.416 e. The van der Waals surface area contributed by atoms with E-state index in [1.165, 1.54) is 18.9 Å². The molecule has 4 heterocycles. The highest BCUT2D eigenvalue weighted by Gasteiger charge is 2.32. The minimum absolute atomic E-state index is 0.0229. The molecule has 0 bridgehead atoms. The maximum atomic E-state index is 13.5. The number of nitrogens with two attached hydrogens (primary N) is 1. The van der Waals surface area contributed by atoms with Crippen LogP contribution in [-0.2, 0) is 6.18 Å². The summed E-state index contributed by atoms with van der Waals surface area (Å²) in [4.78, 5) is 40.5. The van der Waals surface area contributed by atoms with Crippen LogP contribution in [0.1, 0.15) is 41.6 Å². The molecule has 0 radical (unpaired) electrons. The van der Waals surface area contributed by atoms with Gasteiger partial charge in [0.05, 0.1) is 28.0 Å². The fourth-order valence-electron chi connectivity index (χ4n) is 5.69. The lowest BCUT2D eigenvalue weighted by Crippen LogP contribution is -2.42. The van der Waals surface area contributed by atoms with Crippen molar-refractivity contribution < 1.29 is 18.0 Å². The molecule has 2 aliphatic rings. The summed E-state index contributed by atoms with van der Waals surface area (Å²) >= 11 is 0. The van der Waals surface area contributed by atoms with E-state index in [-0.39, 0.29) is 40.1 Å². The van der Waals surface area contributed by atoms with Gasteiger partial charge in [-0.3, -0.25) is 9.59 Å². The van der Waals surface area contributed by atoms with E-state index in [1.807, 2.05) is 4.90 Å². The lowest BCUT2D eigenvalue weighted by Gasteiger charge is -2.28. The van der Waals surface area contributed by atoms with Crippen LogP contribution in [0.15, 0.2) is 41.2 Å². The molecule has 0 saturated carbocycles. The second-order valence-corrected chi connectivity index (χ2v) is 10.1. The van der Waals surface area contributed by atoms with Gasteiger partial charge in [0.2, 0.25) is 0 Å². The number of anilines is 1. The van der Waals surface area contributed by atoms with Crippen molar-refractivity contribution in [2.24, 2.45) is 0 Å². The molecule has 0 spiro atoms. The van der Waals surface area contributed by atoms with Crippen molar-refractivity contribution in [2.75, 3.05) is 31.9 Å². The van der Waals surface area contributed by atoms with Crippen LogP contribution in [0.2, 0.25) is 0 Å². The topological polar surface area (TPSA) is 111 Å². The number of nitrogen functional groups attached to an aromatic ring is 1. The predicted octanol–water partition coefficient (Wildman–Crippen LogP) is 4.37. The van der Waals surface area contributed by atoms with Crippen molar-refractivity contribution in [3.8, 4) is 11.4 Å². The van der Waals surface area contributed by atoms with Crippen LogP contribution in [-0.4, -0.2) is 62.9 Å². The molecule has 38 heavy (non-hydrogen) atoms. The van der Waals surface area contributed by atoms with Crippen LogP contribution in [0.3, 0.4) is 0 Å². The third-order valence-corrected chi connectivity index (χ3v) is 7.65. The maximum Gasteiger partial charge on any atom is 0.416 e. The Morgan fingerprint density at radius 2 is 1.82 bits per heavy atom. The number of nitrogens with one attached hydrogen (secondary N) is 2. The van der Waals surface area contributed by atoms with E-state index >= 15 is 0 Å². The Hall–Kier alpha value is -3.86. The normalized spacial score (nSPS) is 18.7. The molecule has 1 amide bonds. The Balaban J connectivity index is 1.32. The minimum atomic E-state index is -4.54. The zero-order chi connectivity index (χ0) is 26.6. The average Bonchev–Trinajstić information content (AvgIpc) is 3.64. The summed E-state index contributed by atoms with van der Waals surface area (Å²) in [6, 6.07) is 8.39. The Kier molecular flexibility index (Phi) is 5.90. The summed E-state index contributed by atoms with van der Waals surface area (Å²) in [5.74, 6) is -0.0436. The number of fused-ring (bicyclic) bond motifs is 2. The van der Waals surface area contributed by atoms with Gasteiger partial charge in [-0.2, -0.15) is 13.2 Å². The van der Waals surface area contributed by atoms with Gasteiger partial charge in [-0.05, 0) is 75.2 Å². The number of aromatic nitrogens is 3. The molecule has 6 rings (SSSR count). The van der Waals surface area contributed by atoms with Crippen LogP contribution in [0.25, 0.3) is 33.3 Å². The number of H-pyrrole nitrogens is 2. The molecule has 0 unspecified atom stereocenters. The van der Waals surface area contributed by atoms with Gasteiger partial charge in [0, 0.05) is 35.6 Å². The number of alkyl halides is 3. The molecule has 0 aliphatic carbocycles. The number of carbonyl (C=O) groups excluding carboxylic acids is 1. The van der Waals surface area contributed by atoms with Gasteiger partial charge in [0.1, 0.15) is 0 Å². The van der Waals surface area contributed by atoms with Crippen molar-refractivity contribution >= 4 is 33.5 Å². The predicted molar refractivity (Wildman–Crippen MR) is 139 cm³/mol. The molecule has 2 saturated heterocycles. The lowest BCUT2D eigenvalue weighted by atomic mass is 10.1. The van der Waals surface area contributed by atoms with E-state index in [0.717, 1.165) is 51.2 Å². The Morgan fingerprint density at radius 3 is 2.58 bits per heavy atom. The lowest BCUT2D eigenvalue weighted by molar-refractivity contribution is -0.137. The highest BCUT2D eigenvalue weighted by atomic mass is 19.4. The first-order valence-corrected chi connectivity index (χ1v) is 12.8. The first-order valence-electron chi connectivity index (χ1n) is 12.8. The highest BCUT2D eigenvalue weighted by Crippen LogP contribution is 2.34. The quantitative estimate of drug-likeness (QED) is 0.367. The summed E-state index contributed by atoms with van der Waals surface area (Å²) in [5.41, 5.74) is 6.64. The van der Waals surface area contributed by atoms with Crippen molar-refractivity contribution in [3.05, 3.63) is 57.9 Å². The molecule has 2 aromatic carbocycles. The summed E-state index contributed by atoms with van der Waals surface area (Å²) in [5, 5.41) is 0.579. The fourth-order valence-corrected chi connectivity index (χ4v) is 5.69. The second kappa shape index (κ2) is 9.16. The number of likely N-dealkylation sites (tertiary alicyclic amines) is 2. The number of aromatic amines is 2. The number of halogens is 3. The molecule has 1 atom stereocenters. The SMILES string of the molecule is Nc1c(-c2nc3ccc(C(F)(F)F)cc3[nH]c2=O)[nH]c2ccc(C(=O)N3CCC[C@@H]3CN3CCCC3)cc12. The van der Waals surface area contributed by atoms with Gasteiger partial charge in [0.15, 0.2) is 5.69 Å².